The second-order valence-corrected chi connectivity index (χ2v) is 10.5. The molecule has 0 unspecified atom stereocenters. The Morgan fingerprint density at radius 1 is 0.824 bits per heavy atom. The van der Waals surface area contributed by atoms with Crippen LogP contribution in [0.2, 0.25) is 0 Å². The zero-order valence-electron chi connectivity index (χ0n) is 19.6. The highest BCUT2D eigenvalue weighted by Gasteiger charge is 2.32. The van der Waals surface area contributed by atoms with Crippen LogP contribution < -0.4 is 0 Å². The van der Waals surface area contributed by atoms with Gasteiger partial charge in [0, 0.05) is 28.4 Å². The summed E-state index contributed by atoms with van der Waals surface area (Å²) in [4.78, 5) is 15.9. The fourth-order valence-corrected chi connectivity index (χ4v) is 6.48. The van der Waals surface area contributed by atoms with Gasteiger partial charge in [0.1, 0.15) is 16.5 Å². The van der Waals surface area contributed by atoms with Gasteiger partial charge in [-0.2, -0.15) is 0 Å². The molecule has 2 fully saturated rings. The third kappa shape index (κ3) is 5.12. The van der Waals surface area contributed by atoms with Gasteiger partial charge in [-0.1, -0.05) is 74.6 Å². The van der Waals surface area contributed by atoms with E-state index in [-0.39, 0.29) is 11.7 Å². The van der Waals surface area contributed by atoms with Crippen LogP contribution in [0.25, 0.3) is 22.0 Å². The zero-order chi connectivity index (χ0) is 23.3. The normalized spacial score (nSPS) is 17.7. The molecule has 4 nitrogen and oxygen atoms in total. The monoisotopic (exact) mass is 477 g/mol. The van der Waals surface area contributed by atoms with Crippen molar-refractivity contribution in [1.82, 2.24) is 15.1 Å². The quantitative estimate of drug-likeness (QED) is 0.358. The average molecular weight is 478 g/mol. The zero-order valence-corrected chi connectivity index (χ0v) is 20.4. The Bertz CT molecular complexity index is 1110. The molecule has 2 aliphatic carbocycles. The fourth-order valence-electron chi connectivity index (χ4n) is 5.64. The summed E-state index contributed by atoms with van der Waals surface area (Å²) in [6, 6.07) is 15.2. The van der Waals surface area contributed by atoms with E-state index < -0.39 is 0 Å². The molecule has 178 valence electrons. The van der Waals surface area contributed by atoms with Crippen molar-refractivity contribution in [3.8, 4) is 11.3 Å². The van der Waals surface area contributed by atoms with Gasteiger partial charge in [-0.25, -0.2) is 4.39 Å². The number of halogens is 1. The second-order valence-electron chi connectivity index (χ2n) is 9.58. The van der Waals surface area contributed by atoms with Gasteiger partial charge in [-0.05, 0) is 49.9 Å². The summed E-state index contributed by atoms with van der Waals surface area (Å²) in [5, 5.41) is 11.7. The molecule has 0 N–H and O–H groups in total. The number of hydrogen-bond donors (Lipinski definition) is 0. The van der Waals surface area contributed by atoms with Crippen LogP contribution in [0.1, 0.15) is 64.2 Å². The van der Waals surface area contributed by atoms with Crippen LogP contribution in [0.4, 0.5) is 4.39 Å². The van der Waals surface area contributed by atoms with Crippen molar-refractivity contribution in [2.75, 3.05) is 5.75 Å². The summed E-state index contributed by atoms with van der Waals surface area (Å²) >= 11 is 1.50. The molecule has 0 saturated heterocycles. The van der Waals surface area contributed by atoms with Crippen LogP contribution in [-0.4, -0.2) is 38.8 Å². The van der Waals surface area contributed by atoms with Crippen molar-refractivity contribution in [2.45, 2.75) is 81.3 Å². The van der Waals surface area contributed by atoms with E-state index in [9.17, 15) is 9.18 Å². The van der Waals surface area contributed by atoms with Gasteiger partial charge < -0.3 is 4.90 Å². The molecule has 1 heterocycles. The predicted octanol–water partition coefficient (Wildman–Crippen LogP) is 7.02. The first-order chi connectivity index (χ1) is 16.7. The van der Waals surface area contributed by atoms with Gasteiger partial charge in [0.05, 0.1) is 5.75 Å². The van der Waals surface area contributed by atoms with Crippen LogP contribution in [0, 0.1) is 5.82 Å². The molecular weight excluding hydrogens is 445 g/mol. The first kappa shape index (κ1) is 23.3. The first-order valence-electron chi connectivity index (χ1n) is 12.7. The Morgan fingerprint density at radius 2 is 1.41 bits per heavy atom. The summed E-state index contributed by atoms with van der Waals surface area (Å²) in [6.45, 7) is 0. The second kappa shape index (κ2) is 10.9. The third-order valence-corrected chi connectivity index (χ3v) is 8.29. The highest BCUT2D eigenvalue weighted by molar-refractivity contribution is 8.00. The van der Waals surface area contributed by atoms with Gasteiger partial charge in [0.2, 0.25) is 5.91 Å². The van der Waals surface area contributed by atoms with Gasteiger partial charge in [0.15, 0.2) is 0 Å². The molecule has 0 atom stereocenters. The average Bonchev–Trinajstić information content (AvgIpc) is 2.89. The Kier molecular flexibility index (Phi) is 7.43. The lowest BCUT2D eigenvalue weighted by Crippen LogP contribution is -2.49. The lowest BCUT2D eigenvalue weighted by molar-refractivity contribution is -0.135. The van der Waals surface area contributed by atoms with E-state index in [0.717, 1.165) is 52.7 Å². The number of fused-ring (bicyclic) bond motifs is 1. The molecule has 1 aromatic heterocycles. The number of rotatable bonds is 6. The summed E-state index contributed by atoms with van der Waals surface area (Å²) in [7, 11) is 0. The van der Waals surface area contributed by atoms with Crippen LogP contribution in [-0.2, 0) is 4.79 Å². The molecule has 2 aromatic carbocycles. The number of amides is 1. The van der Waals surface area contributed by atoms with Crippen LogP contribution in [0.3, 0.4) is 0 Å². The van der Waals surface area contributed by atoms with Gasteiger partial charge in [-0.15, -0.1) is 10.2 Å². The third-order valence-electron chi connectivity index (χ3n) is 7.33. The number of benzene rings is 2. The summed E-state index contributed by atoms with van der Waals surface area (Å²) in [5.41, 5.74) is 1.57. The predicted molar refractivity (Wildman–Crippen MR) is 136 cm³/mol. The highest BCUT2D eigenvalue weighted by atomic mass is 32.2. The molecule has 0 aliphatic heterocycles. The van der Waals surface area contributed by atoms with E-state index in [1.165, 1.54) is 62.4 Å². The molecule has 3 aromatic rings. The number of thioether (sulfide) groups is 1. The first-order valence-corrected chi connectivity index (χ1v) is 13.6. The molecule has 2 saturated carbocycles. The molecule has 6 heteroatoms. The maximum atomic E-state index is 13.6. The van der Waals surface area contributed by atoms with Crippen molar-refractivity contribution in [1.29, 1.82) is 0 Å². The number of hydrogen-bond acceptors (Lipinski definition) is 4. The van der Waals surface area contributed by atoms with E-state index in [1.54, 1.807) is 12.1 Å². The lowest BCUT2D eigenvalue weighted by Gasteiger charge is -2.41. The number of nitrogens with zero attached hydrogens (tertiary/aromatic N) is 3. The SMILES string of the molecule is O=C(CSc1nnc(-c2ccc(F)cc2)c2ccccc12)N(C1CCCCC1)C1CCCCC1. The molecule has 5 rings (SSSR count). The largest absolute Gasteiger partial charge is 0.336 e. The minimum absolute atomic E-state index is 0.247. The van der Waals surface area contributed by atoms with Crippen molar-refractivity contribution in [3.63, 3.8) is 0 Å². The maximum Gasteiger partial charge on any atom is 0.233 e. The van der Waals surface area contributed by atoms with E-state index in [1.807, 2.05) is 24.3 Å². The van der Waals surface area contributed by atoms with Gasteiger partial charge >= 0.3 is 0 Å². The molecule has 0 radical (unpaired) electrons. The molecule has 0 bridgehead atoms. The van der Waals surface area contributed by atoms with Crippen molar-refractivity contribution in [2.24, 2.45) is 0 Å². The Hall–Kier alpha value is -2.47. The van der Waals surface area contributed by atoms with E-state index >= 15 is 0 Å². The smallest absolute Gasteiger partial charge is 0.233 e. The van der Waals surface area contributed by atoms with Crippen molar-refractivity contribution >= 4 is 28.4 Å². The minimum Gasteiger partial charge on any atom is -0.336 e. The van der Waals surface area contributed by atoms with Crippen molar-refractivity contribution < 1.29 is 9.18 Å². The highest BCUT2D eigenvalue weighted by Crippen LogP contribution is 2.34. The summed E-state index contributed by atoms with van der Waals surface area (Å²) in [5.74, 6) is 0.367. The topological polar surface area (TPSA) is 46.1 Å². The van der Waals surface area contributed by atoms with E-state index in [0.29, 0.717) is 17.8 Å². The molecule has 1 amide bonds. The Balaban J connectivity index is 1.37. The van der Waals surface area contributed by atoms with Crippen LogP contribution in [0.15, 0.2) is 53.6 Å². The molecular formula is C28H32FN3OS. The number of carbonyl (C=O) groups excluding carboxylic acids is 1. The van der Waals surface area contributed by atoms with E-state index in [4.69, 9.17) is 0 Å². The Morgan fingerprint density at radius 3 is 2.03 bits per heavy atom. The van der Waals surface area contributed by atoms with E-state index in [2.05, 4.69) is 15.1 Å². The minimum atomic E-state index is -0.271. The van der Waals surface area contributed by atoms with Gasteiger partial charge in [0.25, 0.3) is 0 Å². The number of aromatic nitrogens is 2. The van der Waals surface area contributed by atoms with Crippen LogP contribution >= 0.6 is 11.8 Å². The van der Waals surface area contributed by atoms with Gasteiger partial charge in [-0.3, -0.25) is 4.79 Å². The summed E-state index contributed by atoms with van der Waals surface area (Å²) < 4.78 is 13.4. The van der Waals surface area contributed by atoms with Crippen molar-refractivity contribution in [3.05, 3.63) is 54.3 Å². The lowest BCUT2D eigenvalue weighted by atomic mass is 9.88. The Labute approximate surface area is 205 Å². The molecule has 34 heavy (non-hydrogen) atoms. The van der Waals surface area contributed by atoms with Crippen LogP contribution in [0.5, 0.6) is 0 Å². The molecule has 2 aliphatic rings. The molecule has 0 spiro atoms. The summed E-state index contributed by atoms with van der Waals surface area (Å²) in [6.07, 6.45) is 12.1. The maximum absolute atomic E-state index is 13.6. The number of carbonyl (C=O) groups is 1. The fraction of sp³-hybridized carbons (Fsp3) is 0.464. The standard InChI is InChI=1S/C28H32FN3OS/c29-21-17-15-20(16-18-21)27-24-13-7-8-14-25(24)28(31-30-27)34-19-26(33)32(22-9-3-1-4-10-22)23-11-5-2-6-12-23/h7-8,13-18,22-23H,1-6,9-12,19H2.